The highest BCUT2D eigenvalue weighted by Gasteiger charge is 2.30. The number of carbonyl (C=O) groups excluding carboxylic acids is 1. The number of amides is 1. The quantitative estimate of drug-likeness (QED) is 0.740. The van der Waals surface area contributed by atoms with Gasteiger partial charge in [0.05, 0.1) is 11.4 Å². The molecule has 2 fully saturated rings. The highest BCUT2D eigenvalue weighted by molar-refractivity contribution is 7.92. The van der Waals surface area contributed by atoms with E-state index in [-0.39, 0.29) is 11.8 Å². The number of para-hydroxylation sites is 2. The van der Waals surface area contributed by atoms with Crippen LogP contribution in [0.4, 0.5) is 11.4 Å². The number of rotatable bonds is 6. The fraction of sp³-hybridized carbons (Fsp3) is 0.375. The smallest absolute Gasteiger partial charge is 0.236 e. The zero-order chi connectivity index (χ0) is 21.7. The zero-order valence-corrected chi connectivity index (χ0v) is 18.4. The molecular formula is C24H29N3O3S. The lowest BCUT2D eigenvalue weighted by Gasteiger charge is -2.30. The molecule has 2 aliphatic rings. The molecule has 2 saturated heterocycles. The van der Waals surface area contributed by atoms with Gasteiger partial charge in [0.25, 0.3) is 0 Å². The van der Waals surface area contributed by atoms with Gasteiger partial charge >= 0.3 is 0 Å². The first-order valence-electron chi connectivity index (χ1n) is 10.9. The van der Waals surface area contributed by atoms with E-state index >= 15 is 0 Å². The third-order valence-corrected chi connectivity index (χ3v) is 7.59. The number of anilines is 2. The first-order valence-corrected chi connectivity index (χ1v) is 12.4. The number of carbonyl (C=O) groups is 1. The second kappa shape index (κ2) is 9.66. The molecule has 164 valence electrons. The highest BCUT2D eigenvalue weighted by Crippen LogP contribution is 2.30. The first kappa shape index (κ1) is 21.6. The molecule has 2 aromatic rings. The third kappa shape index (κ3) is 5.35. The molecule has 2 aliphatic heterocycles. The maximum absolute atomic E-state index is 12.9. The van der Waals surface area contributed by atoms with Crippen LogP contribution in [-0.4, -0.2) is 44.8 Å². The molecule has 0 atom stereocenters. The highest BCUT2D eigenvalue weighted by atomic mass is 32.2. The Kier molecular flexibility index (Phi) is 6.73. The number of sulfonamides is 1. The molecule has 0 spiro atoms. The summed E-state index contributed by atoms with van der Waals surface area (Å²) < 4.78 is 26.8. The topological polar surface area (TPSA) is 69.7 Å². The van der Waals surface area contributed by atoms with Gasteiger partial charge in [-0.05, 0) is 49.5 Å². The number of hydrogen-bond acceptors (Lipinski definition) is 4. The summed E-state index contributed by atoms with van der Waals surface area (Å²) in [5, 5.41) is 4.35. The summed E-state index contributed by atoms with van der Waals surface area (Å²) in [4.78, 5) is 15.2. The largest absolute Gasteiger partial charge is 0.370 e. The van der Waals surface area contributed by atoms with Gasteiger partial charge in [0, 0.05) is 37.5 Å². The number of nitrogens with one attached hydrogen (secondary N) is 1. The van der Waals surface area contributed by atoms with E-state index in [9.17, 15) is 13.2 Å². The Bertz CT molecular complexity index is 1020. The van der Waals surface area contributed by atoms with E-state index in [4.69, 9.17) is 0 Å². The Morgan fingerprint density at radius 2 is 1.55 bits per heavy atom. The Morgan fingerprint density at radius 1 is 0.903 bits per heavy atom. The van der Waals surface area contributed by atoms with E-state index in [0.29, 0.717) is 25.9 Å². The summed E-state index contributed by atoms with van der Waals surface area (Å²) in [5.41, 5.74) is 2.76. The molecule has 0 bridgehead atoms. The maximum Gasteiger partial charge on any atom is 0.236 e. The van der Waals surface area contributed by atoms with Crippen molar-refractivity contribution >= 4 is 33.4 Å². The minimum absolute atomic E-state index is 0.0245. The van der Waals surface area contributed by atoms with Crippen LogP contribution in [-0.2, 0) is 14.8 Å². The van der Waals surface area contributed by atoms with Crippen LogP contribution in [0.5, 0.6) is 0 Å². The van der Waals surface area contributed by atoms with Crippen molar-refractivity contribution in [3.63, 3.8) is 0 Å². The van der Waals surface area contributed by atoms with E-state index in [0.717, 1.165) is 30.0 Å². The van der Waals surface area contributed by atoms with Crippen molar-refractivity contribution in [2.45, 2.75) is 25.7 Å². The molecule has 6 nitrogen and oxygen atoms in total. The molecule has 0 aliphatic carbocycles. The van der Waals surface area contributed by atoms with Gasteiger partial charge in [-0.25, -0.2) is 8.42 Å². The number of nitrogens with zero attached hydrogens (tertiary/aromatic N) is 2. The van der Waals surface area contributed by atoms with Crippen LogP contribution in [0.3, 0.4) is 0 Å². The Labute approximate surface area is 184 Å². The number of piperidine rings is 1. The molecule has 7 heteroatoms. The average Bonchev–Trinajstić information content (AvgIpc) is 3.34. The molecule has 0 radical (unpaired) electrons. The predicted octanol–water partition coefficient (Wildman–Crippen LogP) is 3.94. The van der Waals surface area contributed by atoms with E-state index in [1.165, 1.54) is 22.6 Å². The molecule has 2 aromatic carbocycles. The summed E-state index contributed by atoms with van der Waals surface area (Å²) in [6.07, 6.45) is 5.01. The molecule has 0 aromatic heterocycles. The monoisotopic (exact) mass is 439 g/mol. The Morgan fingerprint density at radius 3 is 2.26 bits per heavy atom. The van der Waals surface area contributed by atoms with Gasteiger partial charge in [-0.15, -0.1) is 0 Å². The molecule has 31 heavy (non-hydrogen) atoms. The Hall–Kier alpha value is -2.64. The number of benzene rings is 2. The SMILES string of the molecule is O=C(Nc1ccccc1N1CCCC1)C1CCN(S(=O)(=O)/C=C/c2ccccc2)CC1. The van der Waals surface area contributed by atoms with Gasteiger partial charge < -0.3 is 10.2 Å². The van der Waals surface area contributed by atoms with Gasteiger partial charge in [-0.2, -0.15) is 4.31 Å². The lowest BCUT2D eigenvalue weighted by atomic mass is 9.97. The molecule has 2 heterocycles. The molecular weight excluding hydrogens is 410 g/mol. The van der Waals surface area contributed by atoms with Crippen LogP contribution in [0.25, 0.3) is 6.08 Å². The molecule has 1 N–H and O–H groups in total. The lowest BCUT2D eigenvalue weighted by molar-refractivity contribution is -0.120. The fourth-order valence-corrected chi connectivity index (χ4v) is 5.46. The van der Waals surface area contributed by atoms with Gasteiger partial charge in [0.1, 0.15) is 0 Å². The summed E-state index contributed by atoms with van der Waals surface area (Å²) in [5.74, 6) is -0.209. The molecule has 4 rings (SSSR count). The van der Waals surface area contributed by atoms with Crippen molar-refractivity contribution in [3.8, 4) is 0 Å². The van der Waals surface area contributed by atoms with E-state index in [1.54, 1.807) is 6.08 Å². The predicted molar refractivity (Wildman–Crippen MR) is 125 cm³/mol. The van der Waals surface area contributed by atoms with Crippen LogP contribution in [0, 0.1) is 5.92 Å². The fourth-order valence-electron chi connectivity index (χ4n) is 4.24. The van der Waals surface area contributed by atoms with E-state index in [1.807, 2.05) is 48.5 Å². The Balaban J connectivity index is 1.35. The molecule has 0 unspecified atom stereocenters. The van der Waals surface area contributed by atoms with Gasteiger partial charge in [-0.3, -0.25) is 4.79 Å². The van der Waals surface area contributed by atoms with Crippen LogP contribution in [0.15, 0.2) is 60.0 Å². The lowest BCUT2D eigenvalue weighted by Crippen LogP contribution is -2.40. The second-order valence-corrected chi connectivity index (χ2v) is 9.95. The van der Waals surface area contributed by atoms with Crippen LogP contribution < -0.4 is 10.2 Å². The van der Waals surface area contributed by atoms with Gasteiger partial charge in [0.15, 0.2) is 0 Å². The van der Waals surface area contributed by atoms with Gasteiger partial charge in [0.2, 0.25) is 15.9 Å². The zero-order valence-electron chi connectivity index (χ0n) is 17.6. The molecule has 0 saturated carbocycles. The van der Waals surface area contributed by atoms with Crippen LogP contribution in [0.1, 0.15) is 31.2 Å². The summed E-state index contributed by atoms with van der Waals surface area (Å²) in [6.45, 7) is 2.74. The van der Waals surface area contributed by atoms with Crippen molar-refractivity contribution in [3.05, 3.63) is 65.6 Å². The van der Waals surface area contributed by atoms with Crippen molar-refractivity contribution in [1.29, 1.82) is 0 Å². The van der Waals surface area contributed by atoms with Crippen molar-refractivity contribution in [2.75, 3.05) is 36.4 Å². The van der Waals surface area contributed by atoms with E-state index in [2.05, 4.69) is 16.3 Å². The summed E-state index contributed by atoms with van der Waals surface area (Å²) in [6, 6.07) is 17.3. The minimum Gasteiger partial charge on any atom is -0.370 e. The third-order valence-electron chi connectivity index (χ3n) is 6.03. The number of hydrogen-bond donors (Lipinski definition) is 1. The summed E-state index contributed by atoms with van der Waals surface area (Å²) in [7, 11) is -3.49. The van der Waals surface area contributed by atoms with Crippen molar-refractivity contribution in [1.82, 2.24) is 4.31 Å². The molecule has 1 amide bonds. The minimum atomic E-state index is -3.49. The first-order chi connectivity index (χ1) is 15.0. The summed E-state index contributed by atoms with van der Waals surface area (Å²) >= 11 is 0. The van der Waals surface area contributed by atoms with Crippen molar-refractivity contribution in [2.24, 2.45) is 5.92 Å². The normalized spacial score (nSPS) is 18.5. The van der Waals surface area contributed by atoms with Crippen LogP contribution in [0.2, 0.25) is 0 Å². The van der Waals surface area contributed by atoms with Crippen LogP contribution >= 0.6 is 0 Å². The maximum atomic E-state index is 12.9. The van der Waals surface area contributed by atoms with Crippen molar-refractivity contribution < 1.29 is 13.2 Å². The van der Waals surface area contributed by atoms with Gasteiger partial charge in [-0.1, -0.05) is 42.5 Å². The second-order valence-electron chi connectivity index (χ2n) is 8.13. The average molecular weight is 440 g/mol. The standard InChI is InChI=1S/C24H29N3O3S/c28-24(25-22-10-4-5-11-23(22)26-15-6-7-16-26)21-12-17-27(18-13-21)31(29,30)19-14-20-8-2-1-3-9-20/h1-5,8-11,14,19,21H,6-7,12-13,15-18H2,(H,25,28)/b19-14+. The van der Waals surface area contributed by atoms with E-state index < -0.39 is 10.0 Å².